The SMILES string of the molecule is CO[C@@H]1C[C@@H]2C(C=O)[C@@H](O)C[C@@H]2O1. The van der Waals surface area contributed by atoms with E-state index in [0.717, 1.165) is 12.7 Å². The first-order valence-electron chi connectivity index (χ1n) is 4.58. The fourth-order valence-electron chi connectivity index (χ4n) is 2.38. The van der Waals surface area contributed by atoms with Crippen LogP contribution < -0.4 is 0 Å². The van der Waals surface area contributed by atoms with Gasteiger partial charge in [0.1, 0.15) is 6.29 Å². The highest BCUT2D eigenvalue weighted by atomic mass is 16.7. The third-order valence-corrected chi connectivity index (χ3v) is 3.10. The van der Waals surface area contributed by atoms with Gasteiger partial charge in [0.05, 0.1) is 12.2 Å². The second-order valence-electron chi connectivity index (χ2n) is 3.76. The molecule has 1 aliphatic carbocycles. The van der Waals surface area contributed by atoms with Crippen LogP contribution in [0.1, 0.15) is 12.8 Å². The lowest BCUT2D eigenvalue weighted by atomic mass is 9.93. The number of carbonyl (C=O) groups excluding carboxylic acids is 1. The summed E-state index contributed by atoms with van der Waals surface area (Å²) in [5.41, 5.74) is 0. The van der Waals surface area contributed by atoms with Crippen LogP contribution in [-0.2, 0) is 14.3 Å². The van der Waals surface area contributed by atoms with E-state index in [1.807, 2.05) is 0 Å². The van der Waals surface area contributed by atoms with Crippen LogP contribution >= 0.6 is 0 Å². The van der Waals surface area contributed by atoms with Crippen LogP contribution in [0.15, 0.2) is 0 Å². The monoisotopic (exact) mass is 186 g/mol. The fourth-order valence-corrected chi connectivity index (χ4v) is 2.38. The lowest BCUT2D eigenvalue weighted by Gasteiger charge is -2.13. The Balaban J connectivity index is 2.06. The quantitative estimate of drug-likeness (QED) is 0.614. The minimum Gasteiger partial charge on any atom is -0.392 e. The second-order valence-corrected chi connectivity index (χ2v) is 3.76. The predicted octanol–water partition coefficient (Wildman–Crippen LogP) is -0.0563. The molecule has 74 valence electrons. The summed E-state index contributed by atoms with van der Waals surface area (Å²) in [6.45, 7) is 0. The number of hydrogen-bond donors (Lipinski definition) is 1. The maximum atomic E-state index is 10.7. The molecule has 0 aromatic carbocycles. The smallest absolute Gasteiger partial charge is 0.157 e. The van der Waals surface area contributed by atoms with E-state index in [4.69, 9.17) is 9.47 Å². The van der Waals surface area contributed by atoms with Crippen molar-refractivity contribution in [2.45, 2.75) is 31.3 Å². The van der Waals surface area contributed by atoms with Gasteiger partial charge in [-0.05, 0) is 0 Å². The highest BCUT2D eigenvalue weighted by Crippen LogP contribution is 2.42. The Kier molecular flexibility index (Phi) is 2.36. The zero-order valence-corrected chi connectivity index (χ0v) is 7.55. The van der Waals surface area contributed by atoms with Gasteiger partial charge in [0.25, 0.3) is 0 Å². The molecule has 1 unspecified atom stereocenters. The van der Waals surface area contributed by atoms with Crippen molar-refractivity contribution in [3.63, 3.8) is 0 Å². The molecular weight excluding hydrogens is 172 g/mol. The molecule has 13 heavy (non-hydrogen) atoms. The molecule has 2 fully saturated rings. The van der Waals surface area contributed by atoms with Gasteiger partial charge in [0.2, 0.25) is 0 Å². The highest BCUT2D eigenvalue weighted by molar-refractivity contribution is 5.56. The maximum absolute atomic E-state index is 10.7. The molecule has 0 bridgehead atoms. The zero-order valence-electron chi connectivity index (χ0n) is 7.55. The van der Waals surface area contributed by atoms with Gasteiger partial charge in [0, 0.05) is 31.8 Å². The first-order chi connectivity index (χ1) is 6.26. The molecule has 1 N–H and O–H groups in total. The van der Waals surface area contributed by atoms with E-state index >= 15 is 0 Å². The van der Waals surface area contributed by atoms with E-state index in [1.54, 1.807) is 7.11 Å². The van der Waals surface area contributed by atoms with Crippen LogP contribution in [0.25, 0.3) is 0 Å². The van der Waals surface area contributed by atoms with Gasteiger partial charge >= 0.3 is 0 Å². The molecule has 5 atom stereocenters. The number of rotatable bonds is 2. The van der Waals surface area contributed by atoms with Crippen LogP contribution in [0, 0.1) is 11.8 Å². The number of hydrogen-bond acceptors (Lipinski definition) is 4. The third-order valence-electron chi connectivity index (χ3n) is 3.10. The molecule has 4 nitrogen and oxygen atoms in total. The number of methoxy groups -OCH3 is 1. The Bertz CT molecular complexity index is 206. The Labute approximate surface area is 76.8 Å². The molecule has 2 aliphatic rings. The molecule has 1 saturated carbocycles. The maximum Gasteiger partial charge on any atom is 0.157 e. The van der Waals surface area contributed by atoms with Crippen molar-refractivity contribution in [1.82, 2.24) is 0 Å². The molecule has 0 amide bonds. The minimum absolute atomic E-state index is 0.00940. The molecule has 1 saturated heterocycles. The third kappa shape index (κ3) is 1.39. The first-order valence-corrected chi connectivity index (χ1v) is 4.58. The molecule has 1 heterocycles. The number of ether oxygens (including phenoxy) is 2. The summed E-state index contributed by atoms with van der Waals surface area (Å²) in [6, 6.07) is 0. The number of fused-ring (bicyclic) bond motifs is 1. The topological polar surface area (TPSA) is 55.8 Å². The number of carbonyl (C=O) groups is 1. The Morgan fingerprint density at radius 2 is 2.31 bits per heavy atom. The van der Waals surface area contributed by atoms with Gasteiger partial charge in [-0.3, -0.25) is 0 Å². The second kappa shape index (κ2) is 3.36. The van der Waals surface area contributed by atoms with Crippen molar-refractivity contribution in [3.8, 4) is 0 Å². The molecular formula is C9H14O4. The first kappa shape index (κ1) is 9.12. The van der Waals surface area contributed by atoms with Crippen molar-refractivity contribution in [2.75, 3.05) is 7.11 Å². The molecule has 0 aromatic heterocycles. The average molecular weight is 186 g/mol. The molecule has 4 heteroatoms. The summed E-state index contributed by atoms with van der Waals surface area (Å²) in [6.07, 6.45) is 1.43. The van der Waals surface area contributed by atoms with Gasteiger partial charge in [-0.15, -0.1) is 0 Å². The van der Waals surface area contributed by atoms with Gasteiger partial charge in [-0.25, -0.2) is 0 Å². The molecule has 1 aliphatic heterocycles. The van der Waals surface area contributed by atoms with Gasteiger partial charge in [-0.1, -0.05) is 0 Å². The number of aliphatic hydroxyl groups is 1. The summed E-state index contributed by atoms with van der Waals surface area (Å²) >= 11 is 0. The van der Waals surface area contributed by atoms with Crippen molar-refractivity contribution >= 4 is 6.29 Å². The largest absolute Gasteiger partial charge is 0.392 e. The van der Waals surface area contributed by atoms with E-state index in [0.29, 0.717) is 6.42 Å². The zero-order chi connectivity index (χ0) is 9.42. The summed E-state index contributed by atoms with van der Waals surface area (Å²) in [7, 11) is 1.60. The van der Waals surface area contributed by atoms with Crippen LogP contribution in [0.4, 0.5) is 0 Å². The summed E-state index contributed by atoms with van der Waals surface area (Å²) in [5.74, 6) is -0.109. The van der Waals surface area contributed by atoms with E-state index < -0.39 is 6.10 Å². The Morgan fingerprint density at radius 3 is 2.92 bits per heavy atom. The average Bonchev–Trinajstić information content (AvgIpc) is 2.60. The van der Waals surface area contributed by atoms with Gasteiger partial charge in [-0.2, -0.15) is 0 Å². The lowest BCUT2D eigenvalue weighted by Crippen LogP contribution is -2.22. The standard InChI is InChI=1S/C9H14O4/c1-12-9-2-5-6(4-10)7(11)3-8(5)13-9/h4-9,11H,2-3H2,1H3/t5-,6?,7+,8+,9+/m1/s1. The lowest BCUT2D eigenvalue weighted by molar-refractivity contribution is -0.119. The fraction of sp³-hybridized carbons (Fsp3) is 0.889. The molecule has 0 radical (unpaired) electrons. The summed E-state index contributed by atoms with van der Waals surface area (Å²) in [4.78, 5) is 10.7. The van der Waals surface area contributed by atoms with Crippen LogP contribution in [0.5, 0.6) is 0 Å². The van der Waals surface area contributed by atoms with Crippen molar-refractivity contribution in [2.24, 2.45) is 11.8 Å². The molecule has 0 spiro atoms. The normalized spacial score (nSPS) is 49.2. The van der Waals surface area contributed by atoms with E-state index in [1.165, 1.54) is 0 Å². The van der Waals surface area contributed by atoms with Gasteiger partial charge in [0.15, 0.2) is 6.29 Å². The summed E-state index contributed by atoms with van der Waals surface area (Å²) < 4.78 is 10.6. The Morgan fingerprint density at radius 1 is 1.54 bits per heavy atom. The van der Waals surface area contributed by atoms with Crippen molar-refractivity contribution < 1.29 is 19.4 Å². The molecule has 0 aromatic rings. The van der Waals surface area contributed by atoms with Crippen LogP contribution in [-0.4, -0.2) is 37.0 Å². The predicted molar refractivity (Wildman–Crippen MR) is 44.0 cm³/mol. The highest BCUT2D eigenvalue weighted by Gasteiger charge is 2.49. The minimum atomic E-state index is -0.523. The van der Waals surface area contributed by atoms with E-state index in [2.05, 4.69) is 0 Å². The van der Waals surface area contributed by atoms with Crippen LogP contribution in [0.2, 0.25) is 0 Å². The van der Waals surface area contributed by atoms with Gasteiger partial charge < -0.3 is 19.4 Å². The summed E-state index contributed by atoms with van der Waals surface area (Å²) in [5, 5.41) is 9.50. The van der Waals surface area contributed by atoms with Crippen molar-refractivity contribution in [3.05, 3.63) is 0 Å². The number of aliphatic hydroxyl groups excluding tert-OH is 1. The Hall–Kier alpha value is -0.450. The van der Waals surface area contributed by atoms with E-state index in [9.17, 15) is 9.90 Å². The molecule has 2 rings (SSSR count). The van der Waals surface area contributed by atoms with Crippen molar-refractivity contribution in [1.29, 1.82) is 0 Å². The number of aldehydes is 1. The van der Waals surface area contributed by atoms with E-state index in [-0.39, 0.29) is 24.2 Å². The van der Waals surface area contributed by atoms with Crippen LogP contribution in [0.3, 0.4) is 0 Å².